The van der Waals surface area contributed by atoms with E-state index in [-0.39, 0.29) is 5.91 Å². The Labute approximate surface area is 143 Å². The van der Waals surface area contributed by atoms with Crippen LogP contribution in [0.2, 0.25) is 0 Å². The molecule has 0 bridgehead atoms. The molecule has 1 fully saturated rings. The van der Waals surface area contributed by atoms with Gasteiger partial charge in [-0.2, -0.15) is 0 Å². The molecule has 0 spiro atoms. The lowest BCUT2D eigenvalue weighted by molar-refractivity contribution is 0.102. The standard InChI is InChI=1S/C20H25N3O/c1-14-11-15(2)19(16(3)12-14)22-20(24)18-13-17(7-8-21-18)23-9-5-4-6-10-23/h7-8,11-13H,4-6,9-10H2,1-3H3,(H,22,24). The molecule has 1 aromatic carbocycles. The van der Waals surface area contributed by atoms with Crippen LogP contribution in [0.1, 0.15) is 46.4 Å². The summed E-state index contributed by atoms with van der Waals surface area (Å²) in [5, 5.41) is 3.03. The van der Waals surface area contributed by atoms with Gasteiger partial charge in [0.15, 0.2) is 0 Å². The number of carbonyl (C=O) groups is 1. The second-order valence-corrected chi connectivity index (χ2v) is 6.67. The molecule has 126 valence electrons. The van der Waals surface area contributed by atoms with E-state index in [1.165, 1.54) is 24.8 Å². The van der Waals surface area contributed by atoms with E-state index < -0.39 is 0 Å². The molecule has 0 radical (unpaired) electrons. The van der Waals surface area contributed by atoms with Crippen LogP contribution in [0.4, 0.5) is 11.4 Å². The monoisotopic (exact) mass is 323 g/mol. The molecule has 4 nitrogen and oxygen atoms in total. The number of benzene rings is 1. The van der Waals surface area contributed by atoms with Crippen molar-refractivity contribution in [1.29, 1.82) is 0 Å². The minimum atomic E-state index is -0.149. The Hall–Kier alpha value is -2.36. The van der Waals surface area contributed by atoms with Crippen LogP contribution in [0.3, 0.4) is 0 Å². The van der Waals surface area contributed by atoms with Crippen LogP contribution in [-0.2, 0) is 0 Å². The van der Waals surface area contributed by atoms with Crippen LogP contribution >= 0.6 is 0 Å². The molecule has 0 saturated carbocycles. The number of nitrogens with one attached hydrogen (secondary N) is 1. The zero-order valence-corrected chi connectivity index (χ0v) is 14.7. The van der Waals surface area contributed by atoms with Gasteiger partial charge in [-0.1, -0.05) is 17.7 Å². The van der Waals surface area contributed by atoms with E-state index in [4.69, 9.17) is 0 Å². The summed E-state index contributed by atoms with van der Waals surface area (Å²) in [4.78, 5) is 19.3. The Bertz CT molecular complexity index is 725. The zero-order chi connectivity index (χ0) is 17.1. The van der Waals surface area contributed by atoms with E-state index in [2.05, 4.69) is 34.3 Å². The van der Waals surface area contributed by atoms with E-state index >= 15 is 0 Å². The Morgan fingerprint density at radius 1 is 1.04 bits per heavy atom. The number of hydrogen-bond donors (Lipinski definition) is 1. The summed E-state index contributed by atoms with van der Waals surface area (Å²) in [7, 11) is 0. The van der Waals surface area contributed by atoms with Crippen molar-refractivity contribution >= 4 is 17.3 Å². The molecule has 1 aliphatic rings. The number of piperidine rings is 1. The minimum absolute atomic E-state index is 0.149. The van der Waals surface area contributed by atoms with Gasteiger partial charge in [0.1, 0.15) is 5.69 Å². The minimum Gasteiger partial charge on any atom is -0.371 e. The maximum atomic E-state index is 12.6. The van der Waals surface area contributed by atoms with E-state index in [0.29, 0.717) is 5.69 Å². The lowest BCUT2D eigenvalue weighted by Gasteiger charge is -2.28. The maximum absolute atomic E-state index is 12.6. The second kappa shape index (κ2) is 7.04. The topological polar surface area (TPSA) is 45.2 Å². The van der Waals surface area contributed by atoms with Gasteiger partial charge in [-0.05, 0) is 63.3 Å². The Balaban J connectivity index is 1.80. The Morgan fingerprint density at radius 3 is 2.38 bits per heavy atom. The number of aryl methyl sites for hydroxylation is 3. The molecule has 24 heavy (non-hydrogen) atoms. The average Bonchev–Trinajstić information content (AvgIpc) is 2.59. The van der Waals surface area contributed by atoms with Crippen LogP contribution in [0, 0.1) is 20.8 Å². The van der Waals surface area contributed by atoms with Gasteiger partial charge in [0.25, 0.3) is 5.91 Å². The SMILES string of the molecule is Cc1cc(C)c(NC(=O)c2cc(N3CCCCC3)ccn2)c(C)c1. The summed E-state index contributed by atoms with van der Waals surface area (Å²) in [6.07, 6.45) is 5.45. The van der Waals surface area contributed by atoms with Crippen LogP contribution in [0.5, 0.6) is 0 Å². The molecule has 2 heterocycles. The largest absolute Gasteiger partial charge is 0.371 e. The number of anilines is 2. The van der Waals surface area contributed by atoms with Gasteiger partial charge in [-0.25, -0.2) is 0 Å². The number of hydrogen-bond acceptors (Lipinski definition) is 3. The van der Waals surface area contributed by atoms with Gasteiger partial charge in [0.2, 0.25) is 0 Å². The zero-order valence-electron chi connectivity index (χ0n) is 14.7. The number of pyridine rings is 1. The van der Waals surface area contributed by atoms with E-state index in [1.807, 2.05) is 26.0 Å². The first-order valence-electron chi connectivity index (χ1n) is 8.65. The Morgan fingerprint density at radius 2 is 1.71 bits per heavy atom. The predicted molar refractivity (Wildman–Crippen MR) is 98.9 cm³/mol. The van der Waals surface area contributed by atoms with Gasteiger partial charge in [-0.3, -0.25) is 9.78 Å². The quantitative estimate of drug-likeness (QED) is 0.918. The third kappa shape index (κ3) is 3.58. The molecule has 2 aromatic rings. The lowest BCUT2D eigenvalue weighted by Crippen LogP contribution is -2.29. The lowest BCUT2D eigenvalue weighted by atomic mass is 10.0. The first-order chi connectivity index (χ1) is 11.5. The van der Waals surface area contributed by atoms with Crippen molar-refractivity contribution in [2.24, 2.45) is 0 Å². The first kappa shape index (κ1) is 16.5. The van der Waals surface area contributed by atoms with Crippen molar-refractivity contribution in [2.45, 2.75) is 40.0 Å². The third-order valence-corrected chi connectivity index (χ3v) is 4.61. The molecule has 3 rings (SSSR count). The molecule has 0 atom stereocenters. The fourth-order valence-corrected chi connectivity index (χ4v) is 3.45. The average molecular weight is 323 g/mol. The van der Waals surface area contributed by atoms with Gasteiger partial charge >= 0.3 is 0 Å². The summed E-state index contributed by atoms with van der Waals surface area (Å²) in [5.74, 6) is -0.149. The van der Waals surface area contributed by atoms with E-state index in [9.17, 15) is 4.79 Å². The first-order valence-corrected chi connectivity index (χ1v) is 8.65. The summed E-state index contributed by atoms with van der Waals surface area (Å²) in [5.41, 5.74) is 5.80. The van der Waals surface area contributed by atoms with Crippen LogP contribution in [0.25, 0.3) is 0 Å². The van der Waals surface area contributed by atoms with Crippen molar-refractivity contribution in [3.8, 4) is 0 Å². The highest BCUT2D eigenvalue weighted by atomic mass is 16.1. The molecule has 1 aromatic heterocycles. The second-order valence-electron chi connectivity index (χ2n) is 6.67. The predicted octanol–water partition coefficient (Wildman–Crippen LogP) is 4.25. The number of nitrogens with zero attached hydrogens (tertiary/aromatic N) is 2. The molecule has 1 saturated heterocycles. The van der Waals surface area contributed by atoms with Crippen molar-refractivity contribution in [2.75, 3.05) is 23.3 Å². The normalized spacial score (nSPS) is 14.5. The molecule has 0 aliphatic carbocycles. The summed E-state index contributed by atoms with van der Waals surface area (Å²) >= 11 is 0. The van der Waals surface area contributed by atoms with E-state index in [1.54, 1.807) is 6.20 Å². The van der Waals surface area contributed by atoms with Crippen molar-refractivity contribution in [3.05, 3.63) is 52.8 Å². The van der Waals surface area contributed by atoms with Crippen molar-refractivity contribution in [1.82, 2.24) is 4.98 Å². The molecular formula is C20H25N3O. The molecule has 1 amide bonds. The fraction of sp³-hybridized carbons (Fsp3) is 0.400. The molecule has 0 unspecified atom stereocenters. The van der Waals surface area contributed by atoms with Gasteiger partial charge in [0, 0.05) is 30.7 Å². The smallest absolute Gasteiger partial charge is 0.274 e. The Kier molecular flexibility index (Phi) is 4.84. The molecule has 4 heteroatoms. The number of amides is 1. The molecule has 1 aliphatic heterocycles. The number of rotatable bonds is 3. The number of carbonyl (C=O) groups excluding carboxylic acids is 1. The number of aromatic nitrogens is 1. The van der Waals surface area contributed by atoms with Gasteiger partial charge in [0.05, 0.1) is 0 Å². The van der Waals surface area contributed by atoms with Gasteiger partial charge < -0.3 is 10.2 Å². The fourth-order valence-electron chi connectivity index (χ4n) is 3.45. The van der Waals surface area contributed by atoms with Crippen molar-refractivity contribution < 1.29 is 4.79 Å². The highest BCUT2D eigenvalue weighted by Gasteiger charge is 2.15. The van der Waals surface area contributed by atoms with Crippen LogP contribution < -0.4 is 10.2 Å². The third-order valence-electron chi connectivity index (χ3n) is 4.61. The van der Waals surface area contributed by atoms with Crippen LogP contribution in [-0.4, -0.2) is 24.0 Å². The highest BCUT2D eigenvalue weighted by Crippen LogP contribution is 2.24. The maximum Gasteiger partial charge on any atom is 0.274 e. The van der Waals surface area contributed by atoms with Crippen LogP contribution in [0.15, 0.2) is 30.5 Å². The van der Waals surface area contributed by atoms with Gasteiger partial charge in [-0.15, -0.1) is 0 Å². The highest BCUT2D eigenvalue weighted by molar-refractivity contribution is 6.04. The summed E-state index contributed by atoms with van der Waals surface area (Å²) in [6.45, 7) is 8.22. The molecular weight excluding hydrogens is 298 g/mol. The summed E-state index contributed by atoms with van der Waals surface area (Å²) < 4.78 is 0. The van der Waals surface area contributed by atoms with E-state index in [0.717, 1.165) is 35.6 Å². The summed E-state index contributed by atoms with van der Waals surface area (Å²) in [6, 6.07) is 8.06. The van der Waals surface area contributed by atoms with Crippen molar-refractivity contribution in [3.63, 3.8) is 0 Å². The molecule has 1 N–H and O–H groups in total.